The number of hydrogen-bond acceptors (Lipinski definition) is 2. The summed E-state index contributed by atoms with van der Waals surface area (Å²) < 4.78 is 0. The van der Waals surface area contributed by atoms with Crippen molar-refractivity contribution in [3.63, 3.8) is 0 Å². The van der Waals surface area contributed by atoms with Crippen molar-refractivity contribution in [2.75, 3.05) is 6.54 Å². The van der Waals surface area contributed by atoms with E-state index in [4.69, 9.17) is 5.73 Å². The van der Waals surface area contributed by atoms with Gasteiger partial charge < -0.3 is 11.1 Å². The molecule has 3 heteroatoms. The van der Waals surface area contributed by atoms with Crippen molar-refractivity contribution >= 4 is 5.91 Å². The highest BCUT2D eigenvalue weighted by atomic mass is 16.2. The molecule has 0 spiro atoms. The van der Waals surface area contributed by atoms with E-state index < -0.39 is 5.54 Å². The van der Waals surface area contributed by atoms with Gasteiger partial charge in [0, 0.05) is 6.54 Å². The number of allylic oxidation sites excluding steroid dienone is 1. The minimum atomic E-state index is -0.726. The smallest absolute Gasteiger partial charge is 0.239 e. The lowest BCUT2D eigenvalue weighted by molar-refractivity contribution is -0.125. The summed E-state index contributed by atoms with van der Waals surface area (Å²) in [6, 6.07) is 0. The second-order valence-corrected chi connectivity index (χ2v) is 3.38. The number of amides is 1. The average molecular weight is 184 g/mol. The van der Waals surface area contributed by atoms with Crippen LogP contribution in [-0.2, 0) is 4.79 Å². The minimum absolute atomic E-state index is 0.0699. The molecule has 0 rings (SSSR count). The van der Waals surface area contributed by atoms with E-state index >= 15 is 0 Å². The second-order valence-electron chi connectivity index (χ2n) is 3.38. The Morgan fingerprint density at radius 3 is 2.69 bits per heavy atom. The summed E-state index contributed by atoms with van der Waals surface area (Å²) >= 11 is 0. The van der Waals surface area contributed by atoms with Gasteiger partial charge in [0.15, 0.2) is 0 Å². The molecule has 0 aliphatic carbocycles. The van der Waals surface area contributed by atoms with Gasteiger partial charge in [0.1, 0.15) is 0 Å². The molecule has 0 aromatic heterocycles. The van der Waals surface area contributed by atoms with Crippen LogP contribution >= 0.6 is 0 Å². The lowest BCUT2D eigenvalue weighted by atomic mass is 10.00. The van der Waals surface area contributed by atoms with Crippen molar-refractivity contribution in [1.82, 2.24) is 5.32 Å². The number of carbonyl (C=O) groups is 1. The summed E-state index contributed by atoms with van der Waals surface area (Å²) in [6.45, 7) is 6.28. The van der Waals surface area contributed by atoms with Crippen molar-refractivity contribution in [1.29, 1.82) is 0 Å². The van der Waals surface area contributed by atoms with E-state index in [0.29, 0.717) is 13.0 Å². The van der Waals surface area contributed by atoms with Crippen molar-refractivity contribution in [3.8, 4) is 0 Å². The third-order valence-corrected chi connectivity index (χ3v) is 2.09. The van der Waals surface area contributed by atoms with Crippen LogP contribution in [0.1, 0.15) is 33.6 Å². The second kappa shape index (κ2) is 5.75. The van der Waals surface area contributed by atoms with Crippen LogP contribution in [0, 0.1) is 0 Å². The van der Waals surface area contributed by atoms with Gasteiger partial charge in [-0.2, -0.15) is 0 Å². The molecule has 1 unspecified atom stereocenters. The first-order valence-corrected chi connectivity index (χ1v) is 4.73. The van der Waals surface area contributed by atoms with Gasteiger partial charge in [-0.1, -0.05) is 19.1 Å². The van der Waals surface area contributed by atoms with E-state index in [2.05, 4.69) is 5.32 Å². The molecule has 13 heavy (non-hydrogen) atoms. The molecule has 1 amide bonds. The summed E-state index contributed by atoms with van der Waals surface area (Å²) in [6.07, 6.45) is 5.50. The summed E-state index contributed by atoms with van der Waals surface area (Å²) in [5, 5.41) is 2.79. The fourth-order valence-corrected chi connectivity index (χ4v) is 0.798. The summed E-state index contributed by atoms with van der Waals surface area (Å²) in [5.41, 5.74) is 5.02. The maximum absolute atomic E-state index is 11.4. The first kappa shape index (κ1) is 12.2. The van der Waals surface area contributed by atoms with Gasteiger partial charge in [-0.05, 0) is 26.7 Å². The Morgan fingerprint density at radius 2 is 2.23 bits per heavy atom. The maximum atomic E-state index is 11.4. The molecule has 0 aromatic rings. The van der Waals surface area contributed by atoms with Gasteiger partial charge in [-0.3, -0.25) is 4.79 Å². The molecule has 3 N–H and O–H groups in total. The Bertz CT molecular complexity index is 185. The van der Waals surface area contributed by atoms with Crippen LogP contribution in [0.4, 0.5) is 0 Å². The summed E-state index contributed by atoms with van der Waals surface area (Å²) in [5.74, 6) is -0.0699. The SMILES string of the molecule is C/C=C/CCNC(=O)C(C)(N)CC. The molecule has 76 valence electrons. The fourth-order valence-electron chi connectivity index (χ4n) is 0.798. The molecule has 0 heterocycles. The Kier molecular flexibility index (Phi) is 5.39. The van der Waals surface area contributed by atoms with E-state index in [-0.39, 0.29) is 5.91 Å². The first-order chi connectivity index (χ1) is 6.04. The van der Waals surface area contributed by atoms with Crippen molar-refractivity contribution in [2.45, 2.75) is 39.2 Å². The number of nitrogens with one attached hydrogen (secondary N) is 1. The van der Waals surface area contributed by atoms with Gasteiger partial charge in [-0.15, -0.1) is 0 Å². The molecule has 3 nitrogen and oxygen atoms in total. The van der Waals surface area contributed by atoms with Crippen molar-refractivity contribution in [2.24, 2.45) is 5.73 Å². The van der Waals surface area contributed by atoms with Crippen LogP contribution in [0.3, 0.4) is 0 Å². The molecule has 0 aromatic carbocycles. The molecule has 1 atom stereocenters. The fraction of sp³-hybridized carbons (Fsp3) is 0.700. The van der Waals surface area contributed by atoms with Crippen LogP contribution in [0.15, 0.2) is 12.2 Å². The van der Waals surface area contributed by atoms with Crippen LogP contribution < -0.4 is 11.1 Å². The molecule has 0 aliphatic rings. The molecule has 0 saturated carbocycles. The highest BCUT2D eigenvalue weighted by molar-refractivity contribution is 5.85. The quantitative estimate of drug-likeness (QED) is 0.498. The average Bonchev–Trinajstić information content (AvgIpc) is 2.12. The molecule has 0 fully saturated rings. The maximum Gasteiger partial charge on any atom is 0.239 e. The predicted octanol–water partition coefficient (Wildman–Crippen LogP) is 1.20. The number of nitrogens with two attached hydrogens (primary N) is 1. The number of carbonyl (C=O) groups excluding carboxylic acids is 1. The summed E-state index contributed by atoms with van der Waals surface area (Å²) in [4.78, 5) is 11.4. The van der Waals surface area contributed by atoms with Gasteiger partial charge in [-0.25, -0.2) is 0 Å². The third kappa shape index (κ3) is 4.68. The van der Waals surface area contributed by atoms with Gasteiger partial charge in [0.05, 0.1) is 5.54 Å². The molecule has 0 aliphatic heterocycles. The highest BCUT2D eigenvalue weighted by Gasteiger charge is 2.24. The highest BCUT2D eigenvalue weighted by Crippen LogP contribution is 2.03. The molecular weight excluding hydrogens is 164 g/mol. The zero-order valence-electron chi connectivity index (χ0n) is 8.76. The summed E-state index contributed by atoms with van der Waals surface area (Å²) in [7, 11) is 0. The lowest BCUT2D eigenvalue weighted by Gasteiger charge is -2.21. The first-order valence-electron chi connectivity index (χ1n) is 4.73. The molecule has 0 saturated heterocycles. The van der Waals surface area contributed by atoms with Crippen LogP contribution in [-0.4, -0.2) is 18.0 Å². The topological polar surface area (TPSA) is 55.1 Å². The number of rotatable bonds is 5. The van der Waals surface area contributed by atoms with E-state index in [1.807, 2.05) is 26.0 Å². The Hall–Kier alpha value is -0.830. The zero-order valence-corrected chi connectivity index (χ0v) is 8.76. The zero-order chi connectivity index (χ0) is 10.3. The predicted molar refractivity (Wildman–Crippen MR) is 55.3 cm³/mol. The standard InChI is InChI=1S/C10H20N2O/c1-4-6-7-8-12-9(13)10(3,11)5-2/h4,6H,5,7-8,11H2,1-3H3,(H,12,13)/b6-4+. The number of hydrogen-bond donors (Lipinski definition) is 2. The monoisotopic (exact) mass is 184 g/mol. The van der Waals surface area contributed by atoms with Gasteiger partial charge >= 0.3 is 0 Å². The van der Waals surface area contributed by atoms with Crippen LogP contribution in [0.25, 0.3) is 0 Å². The Morgan fingerprint density at radius 1 is 1.62 bits per heavy atom. The van der Waals surface area contributed by atoms with E-state index in [1.165, 1.54) is 0 Å². The van der Waals surface area contributed by atoms with E-state index in [9.17, 15) is 4.79 Å². The van der Waals surface area contributed by atoms with Gasteiger partial charge in [0.25, 0.3) is 0 Å². The normalized spacial score (nSPS) is 15.7. The Balaban J connectivity index is 3.74. The van der Waals surface area contributed by atoms with E-state index in [0.717, 1.165) is 6.42 Å². The Labute approximate surface area is 80.4 Å². The largest absolute Gasteiger partial charge is 0.354 e. The van der Waals surface area contributed by atoms with Crippen molar-refractivity contribution in [3.05, 3.63) is 12.2 Å². The van der Waals surface area contributed by atoms with Crippen molar-refractivity contribution < 1.29 is 4.79 Å². The van der Waals surface area contributed by atoms with E-state index in [1.54, 1.807) is 6.92 Å². The molecule has 0 bridgehead atoms. The van der Waals surface area contributed by atoms with Crippen LogP contribution in [0.2, 0.25) is 0 Å². The minimum Gasteiger partial charge on any atom is -0.354 e. The molecule has 0 radical (unpaired) electrons. The molecular formula is C10H20N2O. The van der Waals surface area contributed by atoms with Gasteiger partial charge in [0.2, 0.25) is 5.91 Å². The third-order valence-electron chi connectivity index (χ3n) is 2.09. The van der Waals surface area contributed by atoms with Crippen LogP contribution in [0.5, 0.6) is 0 Å². The lowest BCUT2D eigenvalue weighted by Crippen LogP contribution is -2.51.